The molecule has 2 aromatic rings. The topological polar surface area (TPSA) is 48.5 Å². The summed E-state index contributed by atoms with van der Waals surface area (Å²) in [7, 11) is 0. The molecule has 31 heavy (non-hydrogen) atoms. The summed E-state index contributed by atoms with van der Waals surface area (Å²) >= 11 is 0. The number of nitrogens with one attached hydrogen (secondary N) is 1. The van der Waals surface area contributed by atoms with Crippen molar-refractivity contribution in [2.75, 3.05) is 37.6 Å². The molecule has 2 fully saturated rings. The highest BCUT2D eigenvalue weighted by molar-refractivity contribution is 5.83. The van der Waals surface area contributed by atoms with E-state index in [1.165, 1.54) is 12.1 Å². The standard InChI is InChI=1S/C23H27F3N4O/c1-16(15-29-9-11-30(12-10-29)21-7-2-3-8-27-21)28-22(31)20-14-19(20)17-5-4-6-18(13-17)23(24,25)26/h2-8,13,16,19-20H,9-12,14-15H2,1H3,(H,28,31). The van der Waals surface area contributed by atoms with Gasteiger partial charge in [-0.3, -0.25) is 9.69 Å². The second-order valence-electron chi connectivity index (χ2n) is 8.46. The quantitative estimate of drug-likeness (QED) is 0.759. The van der Waals surface area contributed by atoms with Crippen LogP contribution in [-0.2, 0) is 11.0 Å². The molecule has 1 aliphatic carbocycles. The van der Waals surface area contributed by atoms with E-state index in [-0.39, 0.29) is 23.8 Å². The Morgan fingerprint density at radius 1 is 1.16 bits per heavy atom. The van der Waals surface area contributed by atoms with Crippen molar-refractivity contribution in [1.29, 1.82) is 0 Å². The van der Waals surface area contributed by atoms with E-state index >= 15 is 0 Å². The molecule has 4 rings (SSSR count). The number of hydrogen-bond acceptors (Lipinski definition) is 4. The Balaban J connectivity index is 1.23. The van der Waals surface area contributed by atoms with Crippen LogP contribution in [-0.4, -0.2) is 54.6 Å². The van der Waals surface area contributed by atoms with Gasteiger partial charge in [0.05, 0.1) is 5.56 Å². The first-order chi connectivity index (χ1) is 14.8. The Morgan fingerprint density at radius 3 is 2.61 bits per heavy atom. The third-order valence-corrected chi connectivity index (χ3v) is 6.04. The molecule has 3 atom stereocenters. The molecule has 1 saturated carbocycles. The average molecular weight is 432 g/mol. The predicted octanol–water partition coefficient (Wildman–Crippen LogP) is 3.53. The fraction of sp³-hybridized carbons (Fsp3) is 0.478. The Bertz CT molecular complexity index is 897. The third kappa shape index (κ3) is 5.36. The minimum absolute atomic E-state index is 0.0170. The van der Waals surface area contributed by atoms with Gasteiger partial charge in [-0.25, -0.2) is 4.98 Å². The largest absolute Gasteiger partial charge is 0.416 e. The van der Waals surface area contributed by atoms with Crippen molar-refractivity contribution in [2.24, 2.45) is 5.92 Å². The van der Waals surface area contributed by atoms with Crippen LogP contribution in [0.1, 0.15) is 30.4 Å². The van der Waals surface area contributed by atoms with E-state index in [4.69, 9.17) is 0 Å². The maximum absolute atomic E-state index is 12.9. The van der Waals surface area contributed by atoms with Gasteiger partial charge in [-0.1, -0.05) is 24.3 Å². The molecule has 1 aliphatic heterocycles. The highest BCUT2D eigenvalue weighted by Gasteiger charge is 2.45. The van der Waals surface area contributed by atoms with Gasteiger partial charge < -0.3 is 10.2 Å². The molecule has 2 aliphatic rings. The SMILES string of the molecule is CC(CN1CCN(c2ccccn2)CC1)NC(=O)C1CC1c1cccc(C(F)(F)F)c1. The first-order valence-electron chi connectivity index (χ1n) is 10.7. The number of alkyl halides is 3. The van der Waals surface area contributed by atoms with Crippen molar-refractivity contribution in [1.82, 2.24) is 15.2 Å². The van der Waals surface area contributed by atoms with Crippen molar-refractivity contribution >= 4 is 11.7 Å². The van der Waals surface area contributed by atoms with Crippen LogP contribution in [0.5, 0.6) is 0 Å². The number of rotatable bonds is 6. The number of amides is 1. The molecule has 0 bridgehead atoms. The van der Waals surface area contributed by atoms with Gasteiger partial charge in [0.15, 0.2) is 0 Å². The predicted molar refractivity (Wildman–Crippen MR) is 113 cm³/mol. The number of carbonyl (C=O) groups excluding carboxylic acids is 1. The highest BCUT2D eigenvalue weighted by atomic mass is 19.4. The fourth-order valence-electron chi connectivity index (χ4n) is 4.28. The maximum atomic E-state index is 12.9. The summed E-state index contributed by atoms with van der Waals surface area (Å²) < 4.78 is 38.8. The minimum atomic E-state index is -4.36. The number of piperazine rings is 1. The first-order valence-corrected chi connectivity index (χ1v) is 10.7. The maximum Gasteiger partial charge on any atom is 0.416 e. The Hall–Kier alpha value is -2.61. The normalized spacial score (nSPS) is 22.8. The van der Waals surface area contributed by atoms with E-state index in [1.54, 1.807) is 12.3 Å². The lowest BCUT2D eigenvalue weighted by Gasteiger charge is -2.36. The summed E-state index contributed by atoms with van der Waals surface area (Å²) in [6.07, 6.45) is -1.97. The van der Waals surface area contributed by atoms with E-state index in [1.807, 2.05) is 25.1 Å². The Morgan fingerprint density at radius 2 is 1.94 bits per heavy atom. The van der Waals surface area contributed by atoms with E-state index in [9.17, 15) is 18.0 Å². The lowest BCUT2D eigenvalue weighted by Crippen LogP contribution is -2.51. The first kappa shape index (κ1) is 21.6. The van der Waals surface area contributed by atoms with Crippen LogP contribution in [0.2, 0.25) is 0 Å². The molecule has 1 N–H and O–H groups in total. The summed E-state index contributed by atoms with van der Waals surface area (Å²) in [4.78, 5) is 21.6. The van der Waals surface area contributed by atoms with Crippen molar-refractivity contribution in [3.63, 3.8) is 0 Å². The van der Waals surface area contributed by atoms with Crippen LogP contribution >= 0.6 is 0 Å². The molecule has 0 spiro atoms. The zero-order valence-electron chi connectivity index (χ0n) is 17.5. The smallest absolute Gasteiger partial charge is 0.354 e. The van der Waals surface area contributed by atoms with Crippen LogP contribution in [0.25, 0.3) is 0 Å². The Labute approximate surface area is 180 Å². The molecule has 1 aromatic heterocycles. The van der Waals surface area contributed by atoms with Gasteiger partial charge in [0.25, 0.3) is 0 Å². The van der Waals surface area contributed by atoms with Crippen molar-refractivity contribution in [2.45, 2.75) is 31.5 Å². The summed E-state index contributed by atoms with van der Waals surface area (Å²) in [5.41, 5.74) is -0.0671. The summed E-state index contributed by atoms with van der Waals surface area (Å²) in [6, 6.07) is 11.2. The number of pyridine rings is 1. The number of carbonyl (C=O) groups is 1. The molecule has 0 radical (unpaired) electrons. The second kappa shape index (κ2) is 8.86. The van der Waals surface area contributed by atoms with Gasteiger partial charge in [-0.05, 0) is 43.0 Å². The lowest BCUT2D eigenvalue weighted by molar-refractivity contribution is -0.137. The van der Waals surface area contributed by atoms with Crippen LogP contribution < -0.4 is 10.2 Å². The third-order valence-electron chi connectivity index (χ3n) is 6.04. The number of hydrogen-bond donors (Lipinski definition) is 1. The molecule has 2 heterocycles. The van der Waals surface area contributed by atoms with E-state index in [0.29, 0.717) is 12.0 Å². The van der Waals surface area contributed by atoms with Crippen molar-refractivity contribution in [3.05, 3.63) is 59.8 Å². The van der Waals surface area contributed by atoms with Gasteiger partial charge in [-0.2, -0.15) is 13.2 Å². The van der Waals surface area contributed by atoms with Crippen molar-refractivity contribution in [3.8, 4) is 0 Å². The summed E-state index contributed by atoms with van der Waals surface area (Å²) in [5, 5.41) is 3.05. The fourth-order valence-corrected chi connectivity index (χ4v) is 4.28. The van der Waals surface area contributed by atoms with Gasteiger partial charge in [0, 0.05) is 50.9 Å². The van der Waals surface area contributed by atoms with E-state index in [0.717, 1.165) is 44.6 Å². The van der Waals surface area contributed by atoms with Crippen LogP contribution in [0, 0.1) is 5.92 Å². The molecular weight excluding hydrogens is 405 g/mol. The average Bonchev–Trinajstić information content (AvgIpc) is 3.56. The van der Waals surface area contributed by atoms with E-state index in [2.05, 4.69) is 20.1 Å². The van der Waals surface area contributed by atoms with Gasteiger partial charge >= 0.3 is 6.18 Å². The number of aromatic nitrogens is 1. The molecule has 8 heteroatoms. The summed E-state index contributed by atoms with van der Waals surface area (Å²) in [6.45, 7) is 6.30. The number of benzene rings is 1. The zero-order chi connectivity index (χ0) is 22.0. The van der Waals surface area contributed by atoms with Crippen molar-refractivity contribution < 1.29 is 18.0 Å². The highest BCUT2D eigenvalue weighted by Crippen LogP contribution is 2.48. The van der Waals surface area contributed by atoms with E-state index < -0.39 is 11.7 Å². The second-order valence-corrected chi connectivity index (χ2v) is 8.46. The van der Waals surface area contributed by atoms with Gasteiger partial charge in [0.1, 0.15) is 5.82 Å². The van der Waals surface area contributed by atoms with Gasteiger partial charge in [0.2, 0.25) is 5.91 Å². The van der Waals surface area contributed by atoms with Crippen LogP contribution in [0.4, 0.5) is 19.0 Å². The molecule has 3 unspecified atom stereocenters. The Kier molecular flexibility index (Phi) is 6.18. The molecule has 1 amide bonds. The van der Waals surface area contributed by atoms with Crippen LogP contribution in [0.15, 0.2) is 48.7 Å². The minimum Gasteiger partial charge on any atom is -0.354 e. The number of nitrogens with zero attached hydrogens (tertiary/aromatic N) is 3. The number of halogens is 3. The van der Waals surface area contributed by atoms with Gasteiger partial charge in [-0.15, -0.1) is 0 Å². The molecule has 1 aromatic carbocycles. The molecule has 166 valence electrons. The molecular formula is C23H27F3N4O. The van der Waals surface area contributed by atoms with Crippen LogP contribution in [0.3, 0.4) is 0 Å². The number of anilines is 1. The monoisotopic (exact) mass is 432 g/mol. The zero-order valence-corrected chi connectivity index (χ0v) is 17.5. The molecule has 5 nitrogen and oxygen atoms in total. The lowest BCUT2D eigenvalue weighted by atomic mass is 10.1. The summed E-state index contributed by atoms with van der Waals surface area (Å²) in [5.74, 6) is 0.545. The molecule has 1 saturated heterocycles.